The van der Waals surface area contributed by atoms with E-state index in [-0.39, 0.29) is 0 Å². The smallest absolute Gasteiger partial charge is 0.147 e. The lowest BCUT2D eigenvalue weighted by Gasteiger charge is -1.98. The minimum atomic E-state index is 0.613. The quantitative estimate of drug-likeness (QED) is 0.856. The van der Waals surface area contributed by atoms with Crippen molar-refractivity contribution in [3.05, 3.63) is 33.3 Å². The Balaban J connectivity index is 2.13. The van der Waals surface area contributed by atoms with Gasteiger partial charge < -0.3 is 5.32 Å². The Labute approximate surface area is 120 Å². The molecule has 0 aliphatic rings. The molecule has 0 radical (unpaired) electrons. The van der Waals surface area contributed by atoms with Gasteiger partial charge in [0.15, 0.2) is 0 Å². The molecule has 0 fully saturated rings. The van der Waals surface area contributed by atoms with Gasteiger partial charge in [-0.25, -0.2) is 0 Å². The van der Waals surface area contributed by atoms with Crippen molar-refractivity contribution >= 4 is 34.5 Å². The summed E-state index contributed by atoms with van der Waals surface area (Å²) in [5, 5.41) is 14.7. The summed E-state index contributed by atoms with van der Waals surface area (Å²) in [5.41, 5.74) is 0.916. The summed E-state index contributed by atoms with van der Waals surface area (Å²) in [6.07, 6.45) is 0.889. The van der Waals surface area contributed by atoms with Gasteiger partial charge in [0, 0.05) is 28.6 Å². The molecule has 2 aromatic rings. The summed E-state index contributed by atoms with van der Waals surface area (Å²) in [7, 11) is 0. The number of hydrogen-bond donors (Lipinski definition) is 1. The minimum Gasteiger partial charge on any atom is -0.317 e. The molecule has 0 saturated carbocycles. The van der Waals surface area contributed by atoms with Gasteiger partial charge in [-0.1, -0.05) is 41.5 Å². The summed E-state index contributed by atoms with van der Waals surface area (Å²) in [6.45, 7) is 3.97. The number of hydrogen-bond acceptors (Lipinski definition) is 4. The molecule has 0 unspecified atom stereocenters. The van der Waals surface area contributed by atoms with E-state index in [4.69, 9.17) is 23.2 Å². The van der Waals surface area contributed by atoms with Crippen LogP contribution in [0.5, 0.6) is 0 Å². The van der Waals surface area contributed by atoms with Crippen LogP contribution in [0.4, 0.5) is 0 Å². The third-order valence-corrected chi connectivity index (χ3v) is 3.81. The van der Waals surface area contributed by atoms with Crippen molar-refractivity contribution in [1.82, 2.24) is 15.5 Å². The first-order valence-corrected chi connectivity index (χ1v) is 7.26. The van der Waals surface area contributed by atoms with Crippen LogP contribution in [0.1, 0.15) is 11.9 Å². The van der Waals surface area contributed by atoms with Crippen molar-refractivity contribution < 1.29 is 0 Å². The van der Waals surface area contributed by atoms with Gasteiger partial charge in [0.2, 0.25) is 0 Å². The second-order valence-corrected chi connectivity index (χ2v) is 5.70. The predicted octanol–water partition coefficient (Wildman–Crippen LogP) is 3.66. The molecule has 96 valence electrons. The third kappa shape index (κ3) is 3.65. The van der Waals surface area contributed by atoms with Crippen LogP contribution in [0.15, 0.2) is 18.2 Å². The molecular formula is C12H13Cl2N3S. The molecule has 0 saturated heterocycles. The van der Waals surface area contributed by atoms with Crippen LogP contribution in [0.3, 0.4) is 0 Å². The van der Waals surface area contributed by atoms with Gasteiger partial charge in [0.1, 0.15) is 10.0 Å². The normalized spacial score (nSPS) is 10.8. The summed E-state index contributed by atoms with van der Waals surface area (Å²) in [6, 6.07) is 5.41. The maximum absolute atomic E-state index is 5.97. The highest BCUT2D eigenvalue weighted by molar-refractivity contribution is 7.14. The molecule has 0 aliphatic carbocycles. The molecule has 2 rings (SSSR count). The first kappa shape index (κ1) is 13.7. The van der Waals surface area contributed by atoms with E-state index >= 15 is 0 Å². The Morgan fingerprint density at radius 1 is 1.17 bits per heavy atom. The fraction of sp³-hybridized carbons (Fsp3) is 0.333. The largest absolute Gasteiger partial charge is 0.317 e. The van der Waals surface area contributed by atoms with Crippen LogP contribution in [0.25, 0.3) is 10.6 Å². The molecule has 3 nitrogen and oxygen atoms in total. The first-order chi connectivity index (χ1) is 8.69. The lowest BCUT2D eigenvalue weighted by atomic mass is 10.2. The van der Waals surface area contributed by atoms with Gasteiger partial charge in [-0.3, -0.25) is 0 Å². The van der Waals surface area contributed by atoms with Gasteiger partial charge in [-0.15, -0.1) is 10.2 Å². The van der Waals surface area contributed by atoms with Gasteiger partial charge in [0.25, 0.3) is 0 Å². The van der Waals surface area contributed by atoms with Crippen LogP contribution in [0.2, 0.25) is 10.0 Å². The van der Waals surface area contributed by atoms with Crippen LogP contribution in [-0.4, -0.2) is 23.3 Å². The second kappa shape index (κ2) is 6.48. The third-order valence-electron chi connectivity index (χ3n) is 2.34. The maximum atomic E-state index is 5.97. The van der Waals surface area contributed by atoms with E-state index in [1.54, 1.807) is 17.4 Å². The average molecular weight is 302 g/mol. The average Bonchev–Trinajstić information content (AvgIpc) is 2.77. The molecular weight excluding hydrogens is 289 g/mol. The Morgan fingerprint density at radius 2 is 1.89 bits per heavy atom. The van der Waals surface area contributed by atoms with Gasteiger partial charge in [-0.2, -0.15) is 0 Å². The molecule has 0 aliphatic heterocycles. The fourth-order valence-electron chi connectivity index (χ4n) is 1.52. The summed E-state index contributed by atoms with van der Waals surface area (Å²) >= 11 is 13.5. The predicted molar refractivity (Wildman–Crippen MR) is 77.6 cm³/mol. The Morgan fingerprint density at radius 3 is 2.56 bits per heavy atom. The number of aromatic nitrogens is 2. The van der Waals surface area contributed by atoms with Crippen LogP contribution in [0, 0.1) is 0 Å². The van der Waals surface area contributed by atoms with Crippen molar-refractivity contribution in [2.75, 3.05) is 13.1 Å². The van der Waals surface area contributed by atoms with Crippen LogP contribution in [-0.2, 0) is 6.42 Å². The molecule has 0 bridgehead atoms. The zero-order chi connectivity index (χ0) is 13.0. The molecule has 1 N–H and O–H groups in total. The summed E-state index contributed by atoms with van der Waals surface area (Å²) < 4.78 is 0. The van der Waals surface area contributed by atoms with Crippen molar-refractivity contribution in [1.29, 1.82) is 0 Å². The molecule has 18 heavy (non-hydrogen) atoms. The van der Waals surface area contributed by atoms with Gasteiger partial charge >= 0.3 is 0 Å². The molecule has 1 aromatic heterocycles. The number of benzene rings is 1. The van der Waals surface area contributed by atoms with Crippen LogP contribution >= 0.6 is 34.5 Å². The van der Waals surface area contributed by atoms with E-state index in [1.807, 2.05) is 12.1 Å². The van der Waals surface area contributed by atoms with E-state index in [1.165, 1.54) is 0 Å². The molecule has 0 atom stereocenters. The van der Waals surface area contributed by atoms with E-state index < -0.39 is 0 Å². The molecule has 0 spiro atoms. The number of likely N-dealkylation sites (N-methyl/N-ethyl adjacent to an activating group) is 1. The van der Waals surface area contributed by atoms with Gasteiger partial charge in [-0.05, 0) is 24.7 Å². The zero-order valence-corrected chi connectivity index (χ0v) is 12.2. The minimum absolute atomic E-state index is 0.613. The van der Waals surface area contributed by atoms with Crippen molar-refractivity contribution in [3.63, 3.8) is 0 Å². The molecule has 0 amide bonds. The molecule has 1 heterocycles. The van der Waals surface area contributed by atoms with Crippen LogP contribution < -0.4 is 5.32 Å². The highest BCUT2D eigenvalue weighted by atomic mass is 35.5. The second-order valence-electron chi connectivity index (χ2n) is 3.76. The fourth-order valence-corrected chi connectivity index (χ4v) is 2.87. The molecule has 1 aromatic carbocycles. The Hall–Kier alpha value is -0.680. The van der Waals surface area contributed by atoms with E-state index in [2.05, 4.69) is 22.4 Å². The van der Waals surface area contributed by atoms with Gasteiger partial charge in [0.05, 0.1) is 0 Å². The highest BCUT2D eigenvalue weighted by Gasteiger charge is 2.08. The Bertz CT molecular complexity index is 508. The zero-order valence-electron chi connectivity index (χ0n) is 9.91. The lowest BCUT2D eigenvalue weighted by molar-refractivity contribution is 0.710. The standard InChI is InChI=1S/C12H13Cl2N3S/c1-2-15-4-3-11-16-17-12(18-11)8-5-9(13)7-10(14)6-8/h5-7,15H,2-4H2,1H3. The maximum Gasteiger partial charge on any atom is 0.147 e. The molecule has 6 heteroatoms. The number of rotatable bonds is 5. The monoisotopic (exact) mass is 301 g/mol. The van der Waals surface area contributed by atoms with Crippen molar-refractivity contribution in [2.24, 2.45) is 0 Å². The van der Waals surface area contributed by atoms with Crippen molar-refractivity contribution in [2.45, 2.75) is 13.3 Å². The Kier molecular flexibility index (Phi) is 4.95. The summed E-state index contributed by atoms with van der Waals surface area (Å²) in [4.78, 5) is 0. The number of nitrogens with zero attached hydrogens (tertiary/aromatic N) is 2. The van der Waals surface area contributed by atoms with E-state index in [0.29, 0.717) is 10.0 Å². The first-order valence-electron chi connectivity index (χ1n) is 5.68. The number of halogens is 2. The van der Waals surface area contributed by atoms with E-state index in [9.17, 15) is 0 Å². The highest BCUT2D eigenvalue weighted by Crippen LogP contribution is 2.29. The SMILES string of the molecule is CCNCCc1nnc(-c2cc(Cl)cc(Cl)c2)s1. The summed E-state index contributed by atoms with van der Waals surface area (Å²) in [5.74, 6) is 0. The number of nitrogens with one attached hydrogen (secondary N) is 1. The topological polar surface area (TPSA) is 37.8 Å². The van der Waals surface area contributed by atoms with E-state index in [0.717, 1.165) is 35.1 Å². The lowest BCUT2D eigenvalue weighted by Crippen LogP contribution is -2.15. The van der Waals surface area contributed by atoms with Crippen molar-refractivity contribution in [3.8, 4) is 10.6 Å².